The van der Waals surface area contributed by atoms with E-state index in [2.05, 4.69) is 29.2 Å². The topological polar surface area (TPSA) is 85.8 Å². The minimum Gasteiger partial charge on any atom is -0.329 e. The van der Waals surface area contributed by atoms with Crippen molar-refractivity contribution in [3.05, 3.63) is 47.8 Å². The largest absolute Gasteiger partial charge is 0.329 e. The van der Waals surface area contributed by atoms with E-state index in [-0.39, 0.29) is 0 Å². The van der Waals surface area contributed by atoms with Gasteiger partial charge in [0.1, 0.15) is 11.5 Å². The van der Waals surface area contributed by atoms with Crippen LogP contribution in [0.25, 0.3) is 0 Å². The monoisotopic (exact) mass is 259 g/mol. The third-order valence-corrected chi connectivity index (χ3v) is 2.77. The lowest BCUT2D eigenvalue weighted by atomic mass is 10.2. The Bertz CT molecular complexity index is 576. The van der Waals surface area contributed by atoms with Gasteiger partial charge in [0.15, 0.2) is 0 Å². The number of nitrogens with two attached hydrogens (primary N) is 1. The first kappa shape index (κ1) is 13.2. The van der Waals surface area contributed by atoms with Crippen molar-refractivity contribution >= 4 is 5.91 Å². The summed E-state index contributed by atoms with van der Waals surface area (Å²) >= 11 is 0. The van der Waals surface area contributed by atoms with Gasteiger partial charge in [-0.1, -0.05) is 19.9 Å². The third-order valence-electron chi connectivity index (χ3n) is 2.77. The molecule has 0 saturated heterocycles. The van der Waals surface area contributed by atoms with Crippen LogP contribution in [0.4, 0.5) is 0 Å². The van der Waals surface area contributed by atoms with E-state index < -0.39 is 5.91 Å². The first-order valence-corrected chi connectivity index (χ1v) is 6.09. The molecule has 2 rings (SSSR count). The summed E-state index contributed by atoms with van der Waals surface area (Å²) in [6.45, 7) is 4.76. The van der Waals surface area contributed by atoms with Gasteiger partial charge in [-0.05, 0) is 12.1 Å². The van der Waals surface area contributed by atoms with E-state index in [4.69, 9.17) is 5.84 Å². The molecule has 0 aromatic carbocycles. The van der Waals surface area contributed by atoms with Gasteiger partial charge in [-0.2, -0.15) is 0 Å². The van der Waals surface area contributed by atoms with Crippen molar-refractivity contribution in [2.24, 2.45) is 5.84 Å². The van der Waals surface area contributed by atoms with Gasteiger partial charge in [-0.15, -0.1) is 0 Å². The lowest BCUT2D eigenvalue weighted by Crippen LogP contribution is -2.30. The number of nitrogens with one attached hydrogen (secondary N) is 1. The number of hydrazine groups is 1. The number of carbonyl (C=O) groups excluding carboxylic acids is 1. The van der Waals surface area contributed by atoms with Crippen molar-refractivity contribution in [3.8, 4) is 0 Å². The number of pyridine rings is 1. The standard InChI is InChI=1S/C13H17N5O/c1-9(2)12-15-6-7-18(12)8-10-4-3-5-11(16-10)13(19)17-14/h3-7,9H,8,14H2,1-2H3,(H,17,19). The lowest BCUT2D eigenvalue weighted by molar-refractivity contribution is 0.0948. The Morgan fingerprint density at radius 1 is 1.47 bits per heavy atom. The molecule has 0 bridgehead atoms. The van der Waals surface area contributed by atoms with Gasteiger partial charge in [0, 0.05) is 18.3 Å². The van der Waals surface area contributed by atoms with E-state index in [1.54, 1.807) is 18.3 Å². The van der Waals surface area contributed by atoms with Crippen LogP contribution in [-0.2, 0) is 6.54 Å². The molecule has 0 fully saturated rings. The molecule has 3 N–H and O–H groups in total. The van der Waals surface area contributed by atoms with E-state index in [0.717, 1.165) is 11.5 Å². The highest BCUT2D eigenvalue weighted by atomic mass is 16.2. The van der Waals surface area contributed by atoms with E-state index in [0.29, 0.717) is 18.2 Å². The molecule has 2 aromatic heterocycles. The number of hydrogen-bond donors (Lipinski definition) is 2. The molecule has 2 heterocycles. The third kappa shape index (κ3) is 2.97. The molecule has 0 aliphatic heterocycles. The first-order chi connectivity index (χ1) is 9.11. The summed E-state index contributed by atoms with van der Waals surface area (Å²) < 4.78 is 2.02. The number of imidazole rings is 1. The summed E-state index contributed by atoms with van der Waals surface area (Å²) in [5.41, 5.74) is 3.18. The highest BCUT2D eigenvalue weighted by Gasteiger charge is 2.10. The Morgan fingerprint density at radius 2 is 2.26 bits per heavy atom. The fraction of sp³-hybridized carbons (Fsp3) is 0.308. The second kappa shape index (κ2) is 5.62. The number of nitrogen functional groups attached to an aromatic ring is 1. The van der Waals surface area contributed by atoms with Crippen molar-refractivity contribution < 1.29 is 4.79 Å². The van der Waals surface area contributed by atoms with Crippen molar-refractivity contribution in [2.45, 2.75) is 26.3 Å². The normalized spacial score (nSPS) is 10.7. The first-order valence-electron chi connectivity index (χ1n) is 6.09. The number of carbonyl (C=O) groups is 1. The van der Waals surface area contributed by atoms with Crippen LogP contribution in [0.2, 0.25) is 0 Å². The van der Waals surface area contributed by atoms with Gasteiger partial charge in [0.05, 0.1) is 12.2 Å². The SMILES string of the molecule is CC(C)c1nccn1Cc1cccc(C(=O)NN)n1. The smallest absolute Gasteiger partial charge is 0.283 e. The molecular formula is C13H17N5O. The molecule has 6 heteroatoms. The molecule has 19 heavy (non-hydrogen) atoms. The minimum atomic E-state index is -0.392. The highest BCUT2D eigenvalue weighted by molar-refractivity contribution is 5.91. The zero-order chi connectivity index (χ0) is 13.8. The summed E-state index contributed by atoms with van der Waals surface area (Å²) in [5, 5.41) is 0. The molecule has 2 aromatic rings. The summed E-state index contributed by atoms with van der Waals surface area (Å²) in [6.07, 6.45) is 3.68. The molecule has 0 unspecified atom stereocenters. The van der Waals surface area contributed by atoms with Crippen LogP contribution in [-0.4, -0.2) is 20.4 Å². The number of rotatable bonds is 4. The average molecular weight is 259 g/mol. The number of aromatic nitrogens is 3. The minimum absolute atomic E-state index is 0.311. The van der Waals surface area contributed by atoms with Crippen molar-refractivity contribution in [1.29, 1.82) is 0 Å². The molecule has 0 atom stereocenters. The zero-order valence-corrected chi connectivity index (χ0v) is 11.0. The number of amides is 1. The van der Waals surface area contributed by atoms with Crippen LogP contribution in [0.3, 0.4) is 0 Å². The van der Waals surface area contributed by atoms with Gasteiger partial charge in [0.25, 0.3) is 5.91 Å². The van der Waals surface area contributed by atoms with E-state index >= 15 is 0 Å². The summed E-state index contributed by atoms with van der Waals surface area (Å²) in [6, 6.07) is 5.29. The molecule has 0 aliphatic carbocycles. The van der Waals surface area contributed by atoms with E-state index in [1.165, 1.54) is 0 Å². The van der Waals surface area contributed by atoms with Crippen LogP contribution in [0.1, 0.15) is 41.8 Å². The van der Waals surface area contributed by atoms with Crippen LogP contribution >= 0.6 is 0 Å². The number of nitrogens with zero attached hydrogens (tertiary/aromatic N) is 3. The predicted molar refractivity (Wildman–Crippen MR) is 71.3 cm³/mol. The molecule has 0 aliphatic rings. The zero-order valence-electron chi connectivity index (χ0n) is 11.0. The summed E-state index contributed by atoms with van der Waals surface area (Å²) in [4.78, 5) is 20.0. The Kier molecular flexibility index (Phi) is 3.91. The van der Waals surface area contributed by atoms with Crippen LogP contribution in [0.5, 0.6) is 0 Å². The maximum Gasteiger partial charge on any atom is 0.283 e. The van der Waals surface area contributed by atoms with Crippen LogP contribution in [0, 0.1) is 0 Å². The highest BCUT2D eigenvalue weighted by Crippen LogP contribution is 2.13. The Morgan fingerprint density at radius 3 is 2.95 bits per heavy atom. The summed E-state index contributed by atoms with van der Waals surface area (Å²) in [7, 11) is 0. The van der Waals surface area contributed by atoms with Crippen molar-refractivity contribution in [2.75, 3.05) is 0 Å². The second-order valence-electron chi connectivity index (χ2n) is 4.56. The number of hydrogen-bond acceptors (Lipinski definition) is 4. The quantitative estimate of drug-likeness (QED) is 0.488. The van der Waals surface area contributed by atoms with Gasteiger partial charge in [-0.25, -0.2) is 15.8 Å². The average Bonchev–Trinajstić information content (AvgIpc) is 2.86. The Labute approximate surface area is 111 Å². The van der Waals surface area contributed by atoms with Gasteiger partial charge in [-0.3, -0.25) is 10.2 Å². The molecule has 0 spiro atoms. The molecule has 1 amide bonds. The molecular weight excluding hydrogens is 242 g/mol. The summed E-state index contributed by atoms with van der Waals surface area (Å²) in [5.74, 6) is 6.04. The van der Waals surface area contributed by atoms with Crippen LogP contribution in [0.15, 0.2) is 30.6 Å². The molecule has 6 nitrogen and oxygen atoms in total. The van der Waals surface area contributed by atoms with Crippen molar-refractivity contribution in [1.82, 2.24) is 20.0 Å². The van der Waals surface area contributed by atoms with Crippen molar-refractivity contribution in [3.63, 3.8) is 0 Å². The molecule has 0 saturated carbocycles. The maximum atomic E-state index is 11.4. The second-order valence-corrected chi connectivity index (χ2v) is 4.56. The maximum absolute atomic E-state index is 11.4. The predicted octanol–water partition coefficient (Wildman–Crippen LogP) is 1.05. The van der Waals surface area contributed by atoms with Crippen LogP contribution < -0.4 is 11.3 Å². The fourth-order valence-electron chi connectivity index (χ4n) is 1.90. The molecule has 0 radical (unpaired) electrons. The lowest BCUT2D eigenvalue weighted by Gasteiger charge is -2.10. The molecule has 100 valence electrons. The van der Waals surface area contributed by atoms with Gasteiger partial charge >= 0.3 is 0 Å². The Hall–Kier alpha value is -2.21. The fourth-order valence-corrected chi connectivity index (χ4v) is 1.90. The van der Waals surface area contributed by atoms with E-state index in [1.807, 2.05) is 16.8 Å². The van der Waals surface area contributed by atoms with Gasteiger partial charge in [0.2, 0.25) is 0 Å². The van der Waals surface area contributed by atoms with E-state index in [9.17, 15) is 4.79 Å². The van der Waals surface area contributed by atoms with Gasteiger partial charge < -0.3 is 4.57 Å². The Balaban J connectivity index is 2.24.